The number of hydrogen-bond acceptors (Lipinski definition) is 6. The highest BCUT2D eigenvalue weighted by molar-refractivity contribution is 7.13. The molecular weight excluding hydrogens is 370 g/mol. The quantitative estimate of drug-likeness (QED) is 0.292. The smallest absolute Gasteiger partial charge is 0.190 e. The van der Waals surface area contributed by atoms with Gasteiger partial charge in [0, 0.05) is 12.6 Å². The van der Waals surface area contributed by atoms with E-state index in [0.717, 1.165) is 65.7 Å². The largest absolute Gasteiger partial charge is 0.368 e. The molecule has 6 nitrogen and oxygen atoms in total. The highest BCUT2D eigenvalue weighted by Crippen LogP contribution is 2.31. The van der Waals surface area contributed by atoms with Crippen LogP contribution in [0, 0.1) is 0 Å². The summed E-state index contributed by atoms with van der Waals surface area (Å²) >= 11 is 1.69. The summed E-state index contributed by atoms with van der Waals surface area (Å²) in [4.78, 5) is 18.6. The molecule has 0 saturated carbocycles. The summed E-state index contributed by atoms with van der Waals surface area (Å²) in [7, 11) is 1.65. The van der Waals surface area contributed by atoms with Gasteiger partial charge in [-0.15, -0.1) is 11.3 Å². The van der Waals surface area contributed by atoms with Crippen molar-refractivity contribution in [2.75, 3.05) is 38.6 Å². The molecule has 0 aliphatic heterocycles. The van der Waals surface area contributed by atoms with E-state index in [1.165, 1.54) is 6.42 Å². The lowest BCUT2D eigenvalue weighted by atomic mass is 10.2. The van der Waals surface area contributed by atoms with E-state index in [1.54, 1.807) is 23.9 Å². The SMILES string of the molecule is CCN(CC)CCCCNc1nc2c([NH2+]OC)cccc2nc1-c1cccs1. The van der Waals surface area contributed by atoms with Crippen LogP contribution in [0.15, 0.2) is 35.7 Å². The Kier molecular flexibility index (Phi) is 7.73. The third kappa shape index (κ3) is 5.05. The summed E-state index contributed by atoms with van der Waals surface area (Å²) in [5.41, 5.74) is 5.31. The molecular formula is C21H30N5OS+. The van der Waals surface area contributed by atoms with E-state index < -0.39 is 0 Å². The number of aromatic nitrogens is 2. The molecule has 0 unspecified atom stereocenters. The molecule has 0 aliphatic carbocycles. The fraction of sp³-hybridized carbons (Fsp3) is 0.429. The van der Waals surface area contributed by atoms with Gasteiger partial charge in [0.15, 0.2) is 17.0 Å². The van der Waals surface area contributed by atoms with Crippen molar-refractivity contribution in [2.24, 2.45) is 0 Å². The number of nitrogens with one attached hydrogen (secondary N) is 1. The second-order valence-electron chi connectivity index (χ2n) is 6.63. The van der Waals surface area contributed by atoms with E-state index >= 15 is 0 Å². The van der Waals surface area contributed by atoms with Gasteiger partial charge in [0.25, 0.3) is 0 Å². The van der Waals surface area contributed by atoms with Crippen LogP contribution in [0.5, 0.6) is 0 Å². The molecule has 3 aromatic rings. The molecule has 28 heavy (non-hydrogen) atoms. The summed E-state index contributed by atoms with van der Waals surface area (Å²) in [6.07, 6.45) is 2.28. The second kappa shape index (κ2) is 10.5. The van der Waals surface area contributed by atoms with Gasteiger partial charge in [0.2, 0.25) is 0 Å². The summed E-state index contributed by atoms with van der Waals surface area (Å²) in [6, 6.07) is 10.1. The number of benzene rings is 1. The number of fused-ring (bicyclic) bond motifs is 1. The molecule has 0 saturated heterocycles. The Morgan fingerprint density at radius 1 is 1.11 bits per heavy atom. The summed E-state index contributed by atoms with van der Waals surface area (Å²) in [5.74, 6) is 0.842. The Morgan fingerprint density at radius 2 is 1.96 bits per heavy atom. The third-order valence-electron chi connectivity index (χ3n) is 4.81. The third-order valence-corrected chi connectivity index (χ3v) is 5.69. The van der Waals surface area contributed by atoms with E-state index in [-0.39, 0.29) is 0 Å². The maximum atomic E-state index is 5.22. The molecule has 0 fully saturated rings. The van der Waals surface area contributed by atoms with Gasteiger partial charge in [-0.3, -0.25) is 0 Å². The summed E-state index contributed by atoms with van der Waals surface area (Å²) < 4.78 is 0. The lowest BCUT2D eigenvalue weighted by molar-refractivity contribution is -0.829. The van der Waals surface area contributed by atoms with Gasteiger partial charge in [-0.2, -0.15) is 5.48 Å². The average Bonchev–Trinajstić information content (AvgIpc) is 3.25. The molecule has 2 aromatic heterocycles. The normalized spacial score (nSPS) is 11.4. The van der Waals surface area contributed by atoms with Crippen molar-refractivity contribution in [3.63, 3.8) is 0 Å². The van der Waals surface area contributed by atoms with E-state index in [9.17, 15) is 0 Å². The van der Waals surface area contributed by atoms with E-state index in [4.69, 9.17) is 14.8 Å². The van der Waals surface area contributed by atoms with Crippen LogP contribution in [0.4, 0.5) is 11.5 Å². The number of rotatable bonds is 11. The van der Waals surface area contributed by atoms with Crippen LogP contribution in [-0.2, 0) is 4.84 Å². The lowest BCUT2D eigenvalue weighted by Crippen LogP contribution is -2.76. The number of unbranched alkanes of at least 4 members (excludes halogenated alkanes) is 1. The van der Waals surface area contributed by atoms with Gasteiger partial charge in [-0.1, -0.05) is 26.0 Å². The average molecular weight is 401 g/mol. The zero-order valence-corrected chi connectivity index (χ0v) is 17.8. The van der Waals surface area contributed by atoms with Crippen LogP contribution >= 0.6 is 11.3 Å². The Morgan fingerprint density at radius 3 is 2.68 bits per heavy atom. The minimum atomic E-state index is 0.842. The zero-order chi connectivity index (χ0) is 19.8. The maximum Gasteiger partial charge on any atom is 0.190 e. The molecule has 0 amide bonds. The summed E-state index contributed by atoms with van der Waals surface area (Å²) in [6.45, 7) is 8.68. The first-order valence-corrected chi connectivity index (χ1v) is 10.8. The predicted molar refractivity (Wildman–Crippen MR) is 117 cm³/mol. The highest BCUT2D eigenvalue weighted by Gasteiger charge is 2.15. The van der Waals surface area contributed by atoms with Crippen molar-refractivity contribution in [1.29, 1.82) is 0 Å². The van der Waals surface area contributed by atoms with Crippen LogP contribution in [0.2, 0.25) is 0 Å². The molecule has 7 heteroatoms. The minimum absolute atomic E-state index is 0.842. The molecule has 0 spiro atoms. The van der Waals surface area contributed by atoms with Crippen LogP contribution in [0.3, 0.4) is 0 Å². The first-order valence-electron chi connectivity index (χ1n) is 9.93. The van der Waals surface area contributed by atoms with Crippen LogP contribution in [-0.4, -0.2) is 48.2 Å². The molecule has 0 bridgehead atoms. The van der Waals surface area contributed by atoms with Gasteiger partial charge in [0.05, 0.1) is 17.5 Å². The van der Waals surface area contributed by atoms with Crippen LogP contribution < -0.4 is 10.8 Å². The van der Waals surface area contributed by atoms with Crippen LogP contribution in [0.1, 0.15) is 26.7 Å². The maximum absolute atomic E-state index is 5.22. The molecule has 1 aromatic carbocycles. The van der Waals surface area contributed by atoms with Gasteiger partial charge in [-0.25, -0.2) is 14.8 Å². The van der Waals surface area contributed by atoms with Crippen molar-refractivity contribution in [3.8, 4) is 10.6 Å². The Balaban J connectivity index is 1.80. The van der Waals surface area contributed by atoms with Crippen molar-refractivity contribution in [2.45, 2.75) is 26.7 Å². The Bertz CT molecular complexity index is 865. The zero-order valence-electron chi connectivity index (χ0n) is 16.9. The molecule has 2 heterocycles. The molecule has 3 rings (SSSR count). The van der Waals surface area contributed by atoms with Gasteiger partial charge < -0.3 is 10.2 Å². The van der Waals surface area contributed by atoms with E-state index in [2.05, 4.69) is 41.6 Å². The Hall–Kier alpha value is -2.06. The number of anilines is 1. The van der Waals surface area contributed by atoms with Crippen LogP contribution in [0.25, 0.3) is 21.6 Å². The van der Waals surface area contributed by atoms with Gasteiger partial charge in [0.1, 0.15) is 5.69 Å². The first-order chi connectivity index (χ1) is 13.8. The minimum Gasteiger partial charge on any atom is -0.368 e. The Labute approximate surface area is 170 Å². The number of hydrogen-bond donors (Lipinski definition) is 2. The van der Waals surface area contributed by atoms with Gasteiger partial charge in [-0.05, 0) is 50.0 Å². The number of thiophene rings is 1. The topological polar surface area (TPSA) is 66.9 Å². The number of nitrogens with zero attached hydrogens (tertiary/aromatic N) is 3. The molecule has 0 radical (unpaired) electrons. The second-order valence-corrected chi connectivity index (χ2v) is 7.58. The number of para-hydroxylation sites is 1. The van der Waals surface area contributed by atoms with E-state index in [1.807, 2.05) is 18.2 Å². The fourth-order valence-corrected chi connectivity index (χ4v) is 3.95. The van der Waals surface area contributed by atoms with Crippen molar-refractivity contribution in [1.82, 2.24) is 14.9 Å². The van der Waals surface area contributed by atoms with Gasteiger partial charge >= 0.3 is 0 Å². The van der Waals surface area contributed by atoms with E-state index in [0.29, 0.717) is 0 Å². The lowest BCUT2D eigenvalue weighted by Gasteiger charge is -2.17. The standard InChI is InChI=1S/C21H29N5OS/c1-4-26(5-2)14-7-6-13-22-21-20(18-12-9-15-28-18)23-16-10-8-11-17(25-27-3)19(16)24-21/h8-12,15,25H,4-7,13-14H2,1-3H3,(H,22,24)/p+1. The number of nitrogens with two attached hydrogens (primary N) is 1. The van der Waals surface area contributed by atoms with Crippen molar-refractivity contribution >= 4 is 33.9 Å². The fourth-order valence-electron chi connectivity index (χ4n) is 3.24. The molecule has 150 valence electrons. The molecule has 0 aliphatic rings. The highest BCUT2D eigenvalue weighted by atomic mass is 32.1. The monoisotopic (exact) mass is 400 g/mol. The predicted octanol–water partition coefficient (Wildman–Crippen LogP) is 3.65. The summed E-state index contributed by atoms with van der Waals surface area (Å²) in [5, 5.41) is 5.61. The number of quaternary nitrogens is 1. The molecule has 0 atom stereocenters. The van der Waals surface area contributed by atoms with Crippen molar-refractivity contribution < 1.29 is 10.3 Å². The first kappa shape index (κ1) is 20.7. The molecule has 3 N–H and O–H groups in total. The van der Waals surface area contributed by atoms with Crippen molar-refractivity contribution in [3.05, 3.63) is 35.7 Å².